The van der Waals surface area contributed by atoms with Crippen molar-refractivity contribution in [2.75, 3.05) is 5.32 Å². The Kier molecular flexibility index (Phi) is 3.66. The van der Waals surface area contributed by atoms with E-state index in [4.69, 9.17) is 0 Å². The quantitative estimate of drug-likeness (QED) is 0.762. The number of rotatable bonds is 2. The predicted octanol–water partition coefficient (Wildman–Crippen LogP) is 3.57. The van der Waals surface area contributed by atoms with Gasteiger partial charge >= 0.3 is 0 Å². The number of nitrogens with one attached hydrogen (secondary N) is 1. The van der Waals surface area contributed by atoms with Crippen LogP contribution in [0.15, 0.2) is 40.9 Å². The predicted molar refractivity (Wildman–Crippen MR) is 86.4 cm³/mol. The molecule has 110 valence electrons. The van der Waals surface area contributed by atoms with Gasteiger partial charge in [0.1, 0.15) is 0 Å². The van der Waals surface area contributed by atoms with Crippen molar-refractivity contribution in [3.63, 3.8) is 0 Å². The molecule has 5 heteroatoms. The van der Waals surface area contributed by atoms with E-state index >= 15 is 0 Å². The highest BCUT2D eigenvalue weighted by atomic mass is 79.9. The maximum Gasteiger partial charge on any atom is 0.224 e. The topological polar surface area (TPSA) is 63.2 Å². The van der Waals surface area contributed by atoms with E-state index in [1.165, 1.54) is 0 Å². The molecule has 1 N–H and O–H groups in total. The van der Waals surface area contributed by atoms with Crippen LogP contribution in [0.25, 0.3) is 0 Å². The molecule has 0 fully saturated rings. The molecule has 0 aliphatic heterocycles. The number of fused-ring (bicyclic) bond motifs is 2. The van der Waals surface area contributed by atoms with Crippen LogP contribution in [-0.2, 0) is 4.79 Å². The van der Waals surface area contributed by atoms with Crippen LogP contribution in [0.4, 0.5) is 5.69 Å². The zero-order valence-electron chi connectivity index (χ0n) is 11.8. The Hall–Kier alpha value is -2.27. The summed E-state index contributed by atoms with van der Waals surface area (Å²) in [6.07, 6.45) is 0.295. The molecule has 1 aliphatic rings. The molecule has 0 radical (unpaired) electrons. The van der Waals surface area contributed by atoms with Gasteiger partial charge in [-0.25, -0.2) is 0 Å². The van der Waals surface area contributed by atoms with Gasteiger partial charge in [-0.2, -0.15) is 0 Å². The molecular formula is C17H12BrNO3. The van der Waals surface area contributed by atoms with Crippen LogP contribution in [-0.4, -0.2) is 17.5 Å². The molecule has 0 heterocycles. The average molecular weight is 358 g/mol. The Morgan fingerprint density at radius 3 is 2.18 bits per heavy atom. The lowest BCUT2D eigenvalue weighted by Crippen LogP contribution is -2.24. The summed E-state index contributed by atoms with van der Waals surface area (Å²) in [4.78, 5) is 37.1. The van der Waals surface area contributed by atoms with Gasteiger partial charge in [-0.3, -0.25) is 14.4 Å². The minimum atomic E-state index is -0.252. The lowest BCUT2D eigenvalue weighted by atomic mass is 9.83. The van der Waals surface area contributed by atoms with Gasteiger partial charge in [0.25, 0.3) is 0 Å². The Morgan fingerprint density at radius 2 is 1.59 bits per heavy atom. The van der Waals surface area contributed by atoms with Crippen LogP contribution in [0.2, 0.25) is 0 Å². The number of anilines is 1. The number of carbonyl (C=O) groups is 3. The van der Waals surface area contributed by atoms with E-state index in [1.54, 1.807) is 43.3 Å². The summed E-state index contributed by atoms with van der Waals surface area (Å²) in [7, 11) is 0. The van der Waals surface area contributed by atoms with Crippen molar-refractivity contribution in [3.8, 4) is 0 Å². The van der Waals surface area contributed by atoms with E-state index in [9.17, 15) is 14.4 Å². The number of hydrogen-bond donors (Lipinski definition) is 1. The first-order valence-electron chi connectivity index (χ1n) is 6.85. The third-order valence-corrected chi connectivity index (χ3v) is 4.28. The number of halogens is 1. The molecule has 0 bridgehead atoms. The normalized spacial score (nSPS) is 12.6. The van der Waals surface area contributed by atoms with Crippen molar-refractivity contribution in [2.24, 2.45) is 0 Å². The monoisotopic (exact) mass is 357 g/mol. The molecule has 3 rings (SSSR count). The second-order valence-electron chi connectivity index (χ2n) is 4.95. The van der Waals surface area contributed by atoms with Crippen LogP contribution in [0.3, 0.4) is 0 Å². The smallest absolute Gasteiger partial charge is 0.224 e. The zero-order chi connectivity index (χ0) is 15.9. The standard InChI is InChI=1S/C17H12BrNO3/c1-2-13(20)19-12-8-7-11(18)14-15(12)17(22)10-6-4-3-5-9(10)16(14)21/h3-8H,2H2,1H3,(H,19,20). The van der Waals surface area contributed by atoms with Crippen LogP contribution >= 0.6 is 15.9 Å². The summed E-state index contributed by atoms with van der Waals surface area (Å²) in [6, 6.07) is 10.0. The highest BCUT2D eigenvalue weighted by Gasteiger charge is 2.33. The summed E-state index contributed by atoms with van der Waals surface area (Å²) in [5, 5.41) is 2.70. The van der Waals surface area contributed by atoms with Gasteiger partial charge in [0.05, 0.1) is 16.8 Å². The van der Waals surface area contributed by atoms with Crippen molar-refractivity contribution < 1.29 is 14.4 Å². The maximum atomic E-state index is 12.8. The van der Waals surface area contributed by atoms with Crippen molar-refractivity contribution in [3.05, 3.63) is 63.1 Å². The van der Waals surface area contributed by atoms with Crippen LogP contribution in [0.5, 0.6) is 0 Å². The van der Waals surface area contributed by atoms with Gasteiger partial charge in [0.2, 0.25) is 5.91 Å². The summed E-state index contributed by atoms with van der Waals surface area (Å²) in [6.45, 7) is 1.73. The summed E-state index contributed by atoms with van der Waals surface area (Å²) in [5.41, 5.74) is 1.68. The molecule has 0 atom stereocenters. The summed E-state index contributed by atoms with van der Waals surface area (Å²) in [5.74, 6) is -0.675. The second-order valence-corrected chi connectivity index (χ2v) is 5.80. The molecule has 0 saturated carbocycles. The number of ketones is 2. The molecule has 0 unspecified atom stereocenters. The van der Waals surface area contributed by atoms with Crippen molar-refractivity contribution in [1.29, 1.82) is 0 Å². The molecule has 2 aromatic rings. The molecule has 22 heavy (non-hydrogen) atoms. The minimum Gasteiger partial charge on any atom is -0.325 e. The largest absolute Gasteiger partial charge is 0.325 e. The molecule has 1 amide bonds. The van der Waals surface area contributed by atoms with Gasteiger partial charge in [-0.15, -0.1) is 0 Å². The lowest BCUT2D eigenvalue weighted by Gasteiger charge is -2.21. The van der Waals surface area contributed by atoms with Gasteiger partial charge in [-0.1, -0.05) is 47.1 Å². The van der Waals surface area contributed by atoms with Gasteiger partial charge in [-0.05, 0) is 12.1 Å². The lowest BCUT2D eigenvalue weighted by molar-refractivity contribution is -0.115. The van der Waals surface area contributed by atoms with E-state index in [1.807, 2.05) is 0 Å². The Labute approximate surface area is 135 Å². The number of benzene rings is 2. The molecule has 4 nitrogen and oxygen atoms in total. The number of carbonyl (C=O) groups excluding carboxylic acids is 3. The van der Waals surface area contributed by atoms with E-state index < -0.39 is 0 Å². The molecule has 0 aromatic heterocycles. The molecule has 0 saturated heterocycles. The molecular weight excluding hydrogens is 346 g/mol. The first-order valence-corrected chi connectivity index (χ1v) is 7.64. The Balaban J connectivity index is 2.25. The molecule has 0 spiro atoms. The SMILES string of the molecule is CCC(=O)Nc1ccc(Br)c2c1C(=O)c1ccccc1C2=O. The average Bonchev–Trinajstić information content (AvgIpc) is 2.54. The van der Waals surface area contributed by atoms with Gasteiger partial charge < -0.3 is 5.32 Å². The van der Waals surface area contributed by atoms with Gasteiger partial charge in [0.15, 0.2) is 11.6 Å². The third-order valence-electron chi connectivity index (χ3n) is 3.62. The third kappa shape index (κ3) is 2.18. The van der Waals surface area contributed by atoms with Crippen molar-refractivity contribution >= 4 is 39.1 Å². The van der Waals surface area contributed by atoms with E-state index in [-0.39, 0.29) is 23.0 Å². The highest BCUT2D eigenvalue weighted by Crippen LogP contribution is 2.36. The first kappa shape index (κ1) is 14.7. The Morgan fingerprint density at radius 1 is 1.00 bits per heavy atom. The first-order chi connectivity index (χ1) is 10.5. The van der Waals surface area contributed by atoms with E-state index in [2.05, 4.69) is 21.2 Å². The summed E-state index contributed by atoms with van der Waals surface area (Å²) < 4.78 is 0.546. The van der Waals surface area contributed by atoms with Crippen LogP contribution < -0.4 is 5.32 Å². The molecule has 2 aromatic carbocycles. The fraction of sp³-hybridized carbons (Fsp3) is 0.118. The van der Waals surface area contributed by atoms with E-state index in [0.29, 0.717) is 33.3 Å². The fourth-order valence-corrected chi connectivity index (χ4v) is 3.04. The highest BCUT2D eigenvalue weighted by molar-refractivity contribution is 9.10. The maximum absolute atomic E-state index is 12.8. The fourth-order valence-electron chi connectivity index (χ4n) is 2.53. The molecule has 1 aliphatic carbocycles. The van der Waals surface area contributed by atoms with Crippen molar-refractivity contribution in [2.45, 2.75) is 13.3 Å². The van der Waals surface area contributed by atoms with Crippen LogP contribution in [0.1, 0.15) is 45.2 Å². The minimum absolute atomic E-state index is 0.205. The van der Waals surface area contributed by atoms with Crippen LogP contribution in [0, 0.1) is 0 Å². The zero-order valence-corrected chi connectivity index (χ0v) is 13.4. The van der Waals surface area contributed by atoms with E-state index in [0.717, 1.165) is 0 Å². The van der Waals surface area contributed by atoms with Gasteiger partial charge in [0, 0.05) is 22.0 Å². The number of amides is 1. The number of hydrogen-bond acceptors (Lipinski definition) is 3. The second kappa shape index (κ2) is 5.50. The van der Waals surface area contributed by atoms with Crippen molar-refractivity contribution in [1.82, 2.24) is 0 Å². The summed E-state index contributed by atoms with van der Waals surface area (Å²) >= 11 is 3.33. The Bertz CT molecular complexity index is 827.